The van der Waals surface area contributed by atoms with E-state index in [1.54, 1.807) is 12.3 Å². The Morgan fingerprint density at radius 1 is 1.40 bits per heavy atom. The van der Waals surface area contributed by atoms with E-state index in [2.05, 4.69) is 15.6 Å². The molecule has 84 valence electrons. The van der Waals surface area contributed by atoms with Gasteiger partial charge >= 0.3 is 0 Å². The molecule has 0 saturated carbocycles. The number of carbonyl (C=O) groups excluding carboxylic acids is 1. The maximum atomic E-state index is 11.6. The number of carbonyl (C=O) groups is 1. The van der Waals surface area contributed by atoms with E-state index in [-0.39, 0.29) is 18.3 Å². The van der Waals surface area contributed by atoms with Gasteiger partial charge in [0.2, 0.25) is 0 Å². The third kappa shape index (κ3) is 3.25. The summed E-state index contributed by atoms with van der Waals surface area (Å²) < 4.78 is 0. The van der Waals surface area contributed by atoms with Gasteiger partial charge in [-0.05, 0) is 38.1 Å². The van der Waals surface area contributed by atoms with Crippen molar-refractivity contribution in [3.05, 3.63) is 24.0 Å². The van der Waals surface area contributed by atoms with Gasteiger partial charge in [-0.25, -0.2) is 0 Å². The fraction of sp³-hybridized carbons (Fsp3) is 0.500. The largest absolute Gasteiger partial charge is 0.357 e. The first-order valence-electron chi connectivity index (χ1n) is 5.01. The van der Waals surface area contributed by atoms with E-state index < -0.39 is 0 Å². The molecule has 0 aliphatic carbocycles. The summed E-state index contributed by atoms with van der Waals surface area (Å²) >= 11 is 0. The molecule has 0 unspecified atom stereocenters. The zero-order valence-electron chi connectivity index (χ0n) is 8.45. The number of hydrogen-bond donors (Lipinski definition) is 3. The van der Waals surface area contributed by atoms with Gasteiger partial charge in [0.05, 0.1) is 0 Å². The fourth-order valence-corrected chi connectivity index (χ4v) is 1.70. The predicted molar refractivity (Wildman–Crippen MR) is 61.4 cm³/mol. The quantitative estimate of drug-likeness (QED) is 0.707. The van der Waals surface area contributed by atoms with Gasteiger partial charge in [-0.1, -0.05) is 0 Å². The summed E-state index contributed by atoms with van der Waals surface area (Å²) in [7, 11) is 0. The molecule has 4 nitrogen and oxygen atoms in total. The average Bonchev–Trinajstić information content (AvgIpc) is 2.72. The van der Waals surface area contributed by atoms with Gasteiger partial charge in [0.25, 0.3) is 5.91 Å². The average molecular weight is 230 g/mol. The molecule has 2 heterocycles. The Hall–Kier alpha value is -1.00. The van der Waals surface area contributed by atoms with Crippen LogP contribution in [0.5, 0.6) is 0 Å². The molecule has 3 N–H and O–H groups in total. The number of amides is 1. The zero-order chi connectivity index (χ0) is 9.80. The molecule has 0 aromatic carbocycles. The topological polar surface area (TPSA) is 56.9 Å². The van der Waals surface area contributed by atoms with Crippen LogP contribution in [0, 0.1) is 0 Å². The normalized spacial score (nSPS) is 16.8. The summed E-state index contributed by atoms with van der Waals surface area (Å²) in [6, 6.07) is 3.94. The Bertz CT molecular complexity index is 294. The molecule has 0 bridgehead atoms. The first kappa shape index (κ1) is 12.1. The molecule has 1 fully saturated rings. The molecular weight excluding hydrogens is 214 g/mol. The lowest BCUT2D eigenvalue weighted by Gasteiger charge is -2.23. The van der Waals surface area contributed by atoms with Crippen LogP contribution >= 0.6 is 12.4 Å². The Morgan fingerprint density at radius 2 is 2.13 bits per heavy atom. The number of aromatic amines is 1. The molecule has 1 aromatic rings. The summed E-state index contributed by atoms with van der Waals surface area (Å²) in [5.74, 6) is 0.00176. The molecule has 1 amide bonds. The molecule has 0 atom stereocenters. The fourth-order valence-electron chi connectivity index (χ4n) is 1.70. The van der Waals surface area contributed by atoms with E-state index in [0.29, 0.717) is 11.7 Å². The van der Waals surface area contributed by atoms with Crippen LogP contribution < -0.4 is 10.6 Å². The molecule has 2 rings (SSSR count). The predicted octanol–water partition coefficient (Wildman–Crippen LogP) is 0.918. The third-order valence-corrected chi connectivity index (χ3v) is 2.52. The van der Waals surface area contributed by atoms with Gasteiger partial charge in [-0.15, -0.1) is 12.4 Å². The number of hydrogen-bond acceptors (Lipinski definition) is 2. The SMILES string of the molecule is Cl.O=C(NC1CCNCC1)c1ccc[nH]1. The number of halogens is 1. The van der Waals surface area contributed by atoms with Crippen molar-refractivity contribution in [2.45, 2.75) is 18.9 Å². The van der Waals surface area contributed by atoms with E-state index in [4.69, 9.17) is 0 Å². The lowest BCUT2D eigenvalue weighted by Crippen LogP contribution is -2.42. The highest BCUT2D eigenvalue weighted by Crippen LogP contribution is 2.03. The molecule has 0 radical (unpaired) electrons. The molecule has 1 aliphatic rings. The smallest absolute Gasteiger partial charge is 0.267 e. The van der Waals surface area contributed by atoms with Crippen molar-refractivity contribution >= 4 is 18.3 Å². The molecule has 0 spiro atoms. The van der Waals surface area contributed by atoms with Crippen molar-refractivity contribution in [2.75, 3.05) is 13.1 Å². The Kier molecular flexibility index (Phi) is 4.65. The third-order valence-electron chi connectivity index (χ3n) is 2.52. The minimum atomic E-state index is 0. The summed E-state index contributed by atoms with van der Waals surface area (Å²) in [6.45, 7) is 1.99. The number of piperidine rings is 1. The van der Waals surface area contributed by atoms with Crippen LogP contribution in [0.1, 0.15) is 23.3 Å². The van der Waals surface area contributed by atoms with E-state index in [0.717, 1.165) is 25.9 Å². The van der Waals surface area contributed by atoms with Crippen LogP contribution in [0.3, 0.4) is 0 Å². The van der Waals surface area contributed by atoms with Crippen LogP contribution in [0.4, 0.5) is 0 Å². The minimum Gasteiger partial charge on any atom is -0.357 e. The minimum absolute atomic E-state index is 0. The van der Waals surface area contributed by atoms with Gasteiger partial charge in [0, 0.05) is 12.2 Å². The first-order valence-corrected chi connectivity index (χ1v) is 5.01. The van der Waals surface area contributed by atoms with Gasteiger partial charge < -0.3 is 15.6 Å². The number of rotatable bonds is 2. The van der Waals surface area contributed by atoms with Crippen molar-refractivity contribution in [2.24, 2.45) is 0 Å². The Balaban J connectivity index is 0.00000112. The van der Waals surface area contributed by atoms with Crippen molar-refractivity contribution in [3.63, 3.8) is 0 Å². The van der Waals surface area contributed by atoms with Crippen LogP contribution in [-0.4, -0.2) is 30.0 Å². The van der Waals surface area contributed by atoms with Crippen LogP contribution in [0.15, 0.2) is 18.3 Å². The summed E-state index contributed by atoms with van der Waals surface area (Å²) in [6.07, 6.45) is 3.80. The van der Waals surface area contributed by atoms with Gasteiger partial charge in [-0.3, -0.25) is 4.79 Å². The molecular formula is C10H16ClN3O. The second-order valence-electron chi connectivity index (χ2n) is 3.58. The van der Waals surface area contributed by atoms with Crippen LogP contribution in [0.25, 0.3) is 0 Å². The monoisotopic (exact) mass is 229 g/mol. The highest BCUT2D eigenvalue weighted by Gasteiger charge is 2.16. The van der Waals surface area contributed by atoms with Gasteiger partial charge in [0.1, 0.15) is 5.69 Å². The molecule has 15 heavy (non-hydrogen) atoms. The van der Waals surface area contributed by atoms with E-state index >= 15 is 0 Å². The standard InChI is InChI=1S/C10H15N3O.ClH/c14-10(9-2-1-5-12-9)13-8-3-6-11-7-4-8;/h1-2,5,8,11-12H,3-4,6-7H2,(H,13,14);1H. The number of nitrogens with one attached hydrogen (secondary N) is 3. The van der Waals surface area contributed by atoms with E-state index in [1.165, 1.54) is 0 Å². The number of H-pyrrole nitrogens is 1. The number of aromatic nitrogens is 1. The maximum absolute atomic E-state index is 11.6. The highest BCUT2D eigenvalue weighted by atomic mass is 35.5. The molecule has 1 saturated heterocycles. The van der Waals surface area contributed by atoms with Crippen molar-refractivity contribution in [3.8, 4) is 0 Å². The lowest BCUT2D eigenvalue weighted by molar-refractivity contribution is 0.0925. The van der Waals surface area contributed by atoms with E-state index in [9.17, 15) is 4.79 Å². The van der Waals surface area contributed by atoms with Crippen molar-refractivity contribution < 1.29 is 4.79 Å². The summed E-state index contributed by atoms with van der Waals surface area (Å²) in [4.78, 5) is 14.5. The second kappa shape index (κ2) is 5.78. The second-order valence-corrected chi connectivity index (χ2v) is 3.58. The first-order chi connectivity index (χ1) is 6.86. The molecule has 1 aliphatic heterocycles. The lowest BCUT2D eigenvalue weighted by atomic mass is 10.1. The highest BCUT2D eigenvalue weighted by molar-refractivity contribution is 5.92. The molecule has 5 heteroatoms. The van der Waals surface area contributed by atoms with E-state index in [1.807, 2.05) is 6.07 Å². The van der Waals surface area contributed by atoms with Crippen LogP contribution in [-0.2, 0) is 0 Å². The molecule has 1 aromatic heterocycles. The van der Waals surface area contributed by atoms with Gasteiger partial charge in [-0.2, -0.15) is 0 Å². The van der Waals surface area contributed by atoms with Crippen LogP contribution in [0.2, 0.25) is 0 Å². The Labute approximate surface area is 95.2 Å². The van der Waals surface area contributed by atoms with Crippen molar-refractivity contribution in [1.82, 2.24) is 15.6 Å². The van der Waals surface area contributed by atoms with Crippen molar-refractivity contribution in [1.29, 1.82) is 0 Å². The van der Waals surface area contributed by atoms with Gasteiger partial charge in [0.15, 0.2) is 0 Å². The summed E-state index contributed by atoms with van der Waals surface area (Å²) in [5, 5.41) is 6.27. The zero-order valence-corrected chi connectivity index (χ0v) is 9.27. The maximum Gasteiger partial charge on any atom is 0.267 e. The Morgan fingerprint density at radius 3 is 2.73 bits per heavy atom. The summed E-state index contributed by atoms with van der Waals surface area (Å²) in [5.41, 5.74) is 0.642.